The van der Waals surface area contributed by atoms with Crippen molar-refractivity contribution in [3.05, 3.63) is 0 Å². The Kier molecular flexibility index (Phi) is 2.95. The van der Waals surface area contributed by atoms with Gasteiger partial charge in [-0.3, -0.25) is 14.5 Å². The fourth-order valence-electron chi connectivity index (χ4n) is 3.04. The number of likely N-dealkylation sites (tertiary alicyclic amines) is 1. The molecule has 0 aromatic heterocycles. The molecule has 2 amide bonds. The van der Waals surface area contributed by atoms with Gasteiger partial charge < -0.3 is 5.11 Å². The normalized spacial score (nSPS) is 30.3. The van der Waals surface area contributed by atoms with Crippen molar-refractivity contribution in [1.29, 1.82) is 0 Å². The minimum absolute atomic E-state index is 0.279. The van der Waals surface area contributed by atoms with E-state index in [0.717, 1.165) is 11.3 Å². The molecule has 1 saturated carbocycles. The number of hydrogen-bond acceptors (Lipinski definition) is 3. The number of unbranched alkanes of at least 4 members (excludes halogenated alkanes) is 1. The molecule has 3 atom stereocenters. The topological polar surface area (TPSA) is 74.7 Å². The number of fused-ring (bicyclic) bond motifs is 1. The Morgan fingerprint density at radius 2 is 1.83 bits per heavy atom. The van der Waals surface area contributed by atoms with Crippen molar-refractivity contribution < 1.29 is 19.5 Å². The van der Waals surface area contributed by atoms with E-state index in [9.17, 15) is 19.5 Å². The fourth-order valence-corrected chi connectivity index (χ4v) is 3.04. The highest BCUT2D eigenvalue weighted by Crippen LogP contribution is 2.63. The first-order chi connectivity index (χ1) is 8.34. The maximum Gasteiger partial charge on any atom is 0.326 e. The number of aliphatic carboxylic acids is 1. The van der Waals surface area contributed by atoms with Crippen molar-refractivity contribution >= 4 is 17.8 Å². The second-order valence-corrected chi connectivity index (χ2v) is 5.82. The predicted octanol–water partition coefficient (Wildman–Crippen LogP) is 1.27. The van der Waals surface area contributed by atoms with E-state index in [1.807, 2.05) is 20.8 Å². The summed E-state index contributed by atoms with van der Waals surface area (Å²) in [5.74, 6) is -2.26. The van der Waals surface area contributed by atoms with Gasteiger partial charge in [-0.25, -0.2) is 4.79 Å². The molecule has 1 aliphatic heterocycles. The molecule has 0 radical (unpaired) electrons. The van der Waals surface area contributed by atoms with Crippen LogP contribution < -0.4 is 0 Å². The number of amides is 2. The standard InChI is InChI=1S/C13H19NO4/c1-4-5-6-7(12(17)18)14-10(15)8-9(11(14)16)13(8,2)3/h7-9H,4-6H2,1-3H3,(H,17,18). The second kappa shape index (κ2) is 4.07. The van der Waals surface area contributed by atoms with Crippen LogP contribution in [0.15, 0.2) is 0 Å². The SMILES string of the molecule is CCCCC(C(=O)O)N1C(=O)C2C(C1=O)C2(C)C. The second-order valence-electron chi connectivity index (χ2n) is 5.82. The molecule has 5 nitrogen and oxygen atoms in total. The van der Waals surface area contributed by atoms with Crippen LogP contribution in [0.3, 0.4) is 0 Å². The van der Waals surface area contributed by atoms with E-state index >= 15 is 0 Å². The van der Waals surface area contributed by atoms with Gasteiger partial charge in [-0.2, -0.15) is 0 Å². The van der Waals surface area contributed by atoms with Crippen LogP contribution in [0.5, 0.6) is 0 Å². The number of carbonyl (C=O) groups is 3. The molecule has 5 heteroatoms. The molecule has 0 bridgehead atoms. The van der Waals surface area contributed by atoms with Crippen LogP contribution in [0.25, 0.3) is 0 Å². The van der Waals surface area contributed by atoms with Gasteiger partial charge in [0.25, 0.3) is 0 Å². The van der Waals surface area contributed by atoms with Crippen LogP contribution in [-0.4, -0.2) is 33.8 Å². The first-order valence-electron chi connectivity index (χ1n) is 6.43. The Labute approximate surface area is 106 Å². The first-order valence-corrected chi connectivity index (χ1v) is 6.43. The molecule has 1 aliphatic carbocycles. The zero-order valence-corrected chi connectivity index (χ0v) is 11.0. The fraction of sp³-hybridized carbons (Fsp3) is 0.769. The lowest BCUT2D eigenvalue weighted by Gasteiger charge is -2.26. The molecular formula is C13H19NO4. The molecule has 0 aromatic carbocycles. The third-order valence-corrected chi connectivity index (χ3v) is 4.26. The van der Waals surface area contributed by atoms with E-state index in [1.165, 1.54) is 0 Å². The highest BCUT2D eigenvalue weighted by Gasteiger charge is 2.73. The summed E-state index contributed by atoms with van der Waals surface area (Å²) in [6.07, 6.45) is 1.90. The maximum absolute atomic E-state index is 12.1. The lowest BCUT2D eigenvalue weighted by Crippen LogP contribution is -2.48. The predicted molar refractivity (Wildman–Crippen MR) is 63.6 cm³/mol. The molecule has 1 N–H and O–H groups in total. The van der Waals surface area contributed by atoms with Gasteiger partial charge in [0.05, 0.1) is 11.8 Å². The zero-order valence-electron chi connectivity index (χ0n) is 11.0. The highest BCUT2D eigenvalue weighted by molar-refractivity contribution is 6.12. The molecule has 2 rings (SSSR count). The van der Waals surface area contributed by atoms with Gasteiger partial charge in [0.2, 0.25) is 11.8 Å². The Morgan fingerprint density at radius 3 is 2.22 bits per heavy atom. The third-order valence-electron chi connectivity index (χ3n) is 4.26. The summed E-state index contributed by atoms with van der Waals surface area (Å²) in [4.78, 5) is 36.5. The Morgan fingerprint density at radius 1 is 1.33 bits per heavy atom. The quantitative estimate of drug-likeness (QED) is 0.749. The number of piperidine rings is 1. The van der Waals surface area contributed by atoms with Crippen molar-refractivity contribution in [1.82, 2.24) is 4.90 Å². The van der Waals surface area contributed by atoms with Crippen LogP contribution in [0, 0.1) is 17.3 Å². The Bertz CT molecular complexity index is 391. The van der Waals surface area contributed by atoms with E-state index in [4.69, 9.17) is 0 Å². The number of rotatable bonds is 5. The van der Waals surface area contributed by atoms with Crippen molar-refractivity contribution in [2.24, 2.45) is 17.3 Å². The van der Waals surface area contributed by atoms with Crippen LogP contribution in [0.1, 0.15) is 40.0 Å². The van der Waals surface area contributed by atoms with Crippen molar-refractivity contribution in [3.63, 3.8) is 0 Å². The third kappa shape index (κ3) is 1.64. The van der Waals surface area contributed by atoms with Gasteiger partial charge in [0.15, 0.2) is 0 Å². The number of nitrogens with zero attached hydrogens (tertiary/aromatic N) is 1. The molecule has 2 aliphatic rings. The molecule has 0 spiro atoms. The summed E-state index contributed by atoms with van der Waals surface area (Å²) in [5, 5.41) is 9.18. The summed E-state index contributed by atoms with van der Waals surface area (Å²) in [7, 11) is 0. The summed E-state index contributed by atoms with van der Waals surface area (Å²) in [6, 6.07) is -0.978. The van der Waals surface area contributed by atoms with Crippen LogP contribution in [0.4, 0.5) is 0 Å². The molecule has 18 heavy (non-hydrogen) atoms. The molecule has 1 heterocycles. The van der Waals surface area contributed by atoms with E-state index < -0.39 is 12.0 Å². The van der Waals surface area contributed by atoms with Gasteiger partial charge in [-0.1, -0.05) is 33.6 Å². The van der Waals surface area contributed by atoms with Crippen LogP contribution in [0.2, 0.25) is 0 Å². The summed E-state index contributed by atoms with van der Waals surface area (Å²) in [5.41, 5.74) is -0.279. The van der Waals surface area contributed by atoms with Crippen molar-refractivity contribution in [2.75, 3.05) is 0 Å². The van der Waals surface area contributed by atoms with Gasteiger partial charge >= 0.3 is 5.97 Å². The van der Waals surface area contributed by atoms with Crippen LogP contribution in [-0.2, 0) is 14.4 Å². The minimum atomic E-state index is -1.08. The van der Waals surface area contributed by atoms with Crippen LogP contribution >= 0.6 is 0 Å². The number of imide groups is 1. The molecule has 100 valence electrons. The number of carboxylic acids is 1. The van der Waals surface area contributed by atoms with Crippen molar-refractivity contribution in [2.45, 2.75) is 46.1 Å². The van der Waals surface area contributed by atoms with E-state index in [1.54, 1.807) is 0 Å². The number of hydrogen-bond donors (Lipinski definition) is 1. The van der Waals surface area contributed by atoms with Gasteiger partial charge in [0.1, 0.15) is 6.04 Å². The molecule has 1 saturated heterocycles. The maximum atomic E-state index is 12.1. The highest BCUT2D eigenvalue weighted by atomic mass is 16.4. The minimum Gasteiger partial charge on any atom is -0.480 e. The van der Waals surface area contributed by atoms with Gasteiger partial charge in [-0.15, -0.1) is 0 Å². The summed E-state index contributed by atoms with van der Waals surface area (Å²) < 4.78 is 0. The molecular weight excluding hydrogens is 234 g/mol. The first kappa shape index (κ1) is 13.1. The molecule has 2 fully saturated rings. The monoisotopic (exact) mass is 253 g/mol. The van der Waals surface area contributed by atoms with E-state index in [0.29, 0.717) is 12.8 Å². The van der Waals surface area contributed by atoms with E-state index in [2.05, 4.69) is 0 Å². The van der Waals surface area contributed by atoms with E-state index in [-0.39, 0.29) is 29.1 Å². The lowest BCUT2D eigenvalue weighted by atomic mass is 10.0. The van der Waals surface area contributed by atoms with Crippen molar-refractivity contribution in [3.8, 4) is 0 Å². The largest absolute Gasteiger partial charge is 0.480 e. The zero-order chi connectivity index (χ0) is 13.7. The van der Waals surface area contributed by atoms with Gasteiger partial charge in [0, 0.05) is 0 Å². The average molecular weight is 253 g/mol. The summed E-state index contributed by atoms with van der Waals surface area (Å²) in [6.45, 7) is 5.72. The lowest BCUT2D eigenvalue weighted by molar-refractivity contribution is -0.157. The summed E-state index contributed by atoms with van der Waals surface area (Å²) >= 11 is 0. The number of carbonyl (C=O) groups excluding carboxylic acids is 2. The van der Waals surface area contributed by atoms with Gasteiger partial charge in [-0.05, 0) is 11.8 Å². The molecule has 0 aromatic rings. The Balaban J connectivity index is 2.17. The number of carboxylic acid groups (broad SMARTS) is 1. The average Bonchev–Trinajstić information content (AvgIpc) is 2.73. The smallest absolute Gasteiger partial charge is 0.326 e. The molecule has 3 unspecified atom stereocenters. The Hall–Kier alpha value is -1.39.